The number of carboxylic acids is 1. The third-order valence-corrected chi connectivity index (χ3v) is 9.95. The highest BCUT2D eigenvalue weighted by Gasteiger charge is 2.51. The number of hydrogen-bond acceptors (Lipinski definition) is 4. The van der Waals surface area contributed by atoms with E-state index >= 15 is 0 Å². The number of aliphatic carboxylic acids is 1. The number of halogens is 2. The van der Waals surface area contributed by atoms with Gasteiger partial charge in [0.25, 0.3) is 0 Å². The highest BCUT2D eigenvalue weighted by Crippen LogP contribution is 2.55. The summed E-state index contributed by atoms with van der Waals surface area (Å²) in [6.07, 6.45) is 10.3. The number of allylic oxidation sites excluding steroid dienone is 1. The van der Waals surface area contributed by atoms with Crippen LogP contribution in [0.4, 0.5) is 10.1 Å². The first kappa shape index (κ1) is 28.7. The van der Waals surface area contributed by atoms with E-state index in [9.17, 15) is 14.3 Å². The van der Waals surface area contributed by atoms with Gasteiger partial charge in [-0.25, -0.2) is 9.18 Å². The van der Waals surface area contributed by atoms with Gasteiger partial charge in [-0.1, -0.05) is 49.2 Å². The first-order valence-corrected chi connectivity index (χ1v) is 15.5. The predicted molar refractivity (Wildman–Crippen MR) is 165 cm³/mol. The number of aryl methyl sites for hydroxylation is 1. The second kappa shape index (κ2) is 11.4. The summed E-state index contributed by atoms with van der Waals surface area (Å²) >= 11 is 6.19. The summed E-state index contributed by atoms with van der Waals surface area (Å²) in [5.41, 5.74) is 4.93. The summed E-state index contributed by atoms with van der Waals surface area (Å²) in [7, 11) is 0. The second-order valence-electron chi connectivity index (χ2n) is 12.6. The number of anilines is 1. The van der Waals surface area contributed by atoms with Gasteiger partial charge in [0.05, 0.1) is 6.61 Å². The molecule has 2 N–H and O–H groups in total. The molecule has 1 spiro atoms. The number of aromatic nitrogens is 1. The Bertz CT molecular complexity index is 1530. The fourth-order valence-corrected chi connectivity index (χ4v) is 7.70. The Morgan fingerprint density at radius 3 is 2.76 bits per heavy atom. The molecule has 1 fully saturated rings. The molecule has 1 aromatic heterocycles. The van der Waals surface area contributed by atoms with Crippen LogP contribution < -0.4 is 10.1 Å². The number of ether oxygens (including phenoxy) is 1. The zero-order chi connectivity index (χ0) is 29.5. The number of carboxylic acid groups (broad SMARTS) is 1. The van der Waals surface area contributed by atoms with Crippen LogP contribution >= 0.6 is 11.6 Å². The van der Waals surface area contributed by atoms with E-state index in [0.717, 1.165) is 48.3 Å². The van der Waals surface area contributed by atoms with E-state index in [1.807, 2.05) is 30.5 Å². The molecule has 2 aromatic carbocycles. The number of rotatable bonds is 8. The van der Waals surface area contributed by atoms with Crippen molar-refractivity contribution in [2.24, 2.45) is 5.92 Å². The normalized spacial score (nSPS) is 25.3. The topological polar surface area (TPSA) is 71.5 Å². The van der Waals surface area contributed by atoms with Crippen LogP contribution in [0, 0.1) is 11.7 Å². The smallest absolute Gasteiger partial charge is 0.329 e. The first-order chi connectivity index (χ1) is 20.2. The van der Waals surface area contributed by atoms with Gasteiger partial charge in [0.1, 0.15) is 17.1 Å². The monoisotopic (exact) mass is 588 g/mol. The summed E-state index contributed by atoms with van der Waals surface area (Å²) in [5, 5.41) is 14.3. The average Bonchev–Trinajstić information content (AvgIpc) is 3.24. The van der Waals surface area contributed by atoms with Gasteiger partial charge in [-0.2, -0.15) is 0 Å². The summed E-state index contributed by atoms with van der Waals surface area (Å²) in [6.45, 7) is 5.01. The van der Waals surface area contributed by atoms with Crippen molar-refractivity contribution >= 4 is 29.3 Å². The summed E-state index contributed by atoms with van der Waals surface area (Å²) in [5.74, 6) is 0.473. The predicted octanol–water partition coefficient (Wildman–Crippen LogP) is 8.56. The lowest BCUT2D eigenvalue weighted by atomic mass is 9.61. The highest BCUT2D eigenvalue weighted by atomic mass is 35.5. The molecule has 3 aliphatic rings. The standard InChI is InChI=1S/C35H38ClFN2O3/c1-22(21-42-31-11-16-38-30-8-3-5-23(2)32(30)31)17-25-18-24-19-27(37)9-10-29(24)34(25)12-14-35(15-13-34,33(40)41)39-28-7-4-6-26(36)20-28/h4,6-7,9-11,16,18-20,22-23,39H,3,5,8,12-15,17,21H2,1-2H3,(H,40,41)/t22-,23-,34?,35?/m1/s1. The Kier molecular flexibility index (Phi) is 7.77. The van der Waals surface area contributed by atoms with Gasteiger partial charge in [0, 0.05) is 33.6 Å². The zero-order valence-corrected chi connectivity index (χ0v) is 25.0. The van der Waals surface area contributed by atoms with E-state index in [-0.39, 0.29) is 17.2 Å². The third kappa shape index (κ3) is 5.30. The van der Waals surface area contributed by atoms with Crippen molar-refractivity contribution in [2.75, 3.05) is 11.9 Å². The first-order valence-electron chi connectivity index (χ1n) is 15.1. The molecule has 42 heavy (non-hydrogen) atoms. The van der Waals surface area contributed by atoms with E-state index in [2.05, 4.69) is 30.2 Å². The lowest BCUT2D eigenvalue weighted by Gasteiger charge is -2.46. The maximum absolute atomic E-state index is 14.3. The zero-order valence-electron chi connectivity index (χ0n) is 24.3. The van der Waals surface area contributed by atoms with Crippen molar-refractivity contribution in [1.82, 2.24) is 4.98 Å². The van der Waals surface area contributed by atoms with Gasteiger partial charge in [-0.15, -0.1) is 0 Å². The van der Waals surface area contributed by atoms with Crippen LogP contribution in [-0.4, -0.2) is 28.2 Å². The van der Waals surface area contributed by atoms with Gasteiger partial charge >= 0.3 is 5.97 Å². The molecular weight excluding hydrogens is 551 g/mol. The van der Waals surface area contributed by atoms with Crippen LogP contribution in [0.25, 0.3) is 6.08 Å². The molecule has 2 atom stereocenters. The molecule has 3 aromatic rings. The van der Waals surface area contributed by atoms with E-state index in [1.165, 1.54) is 17.2 Å². The lowest BCUT2D eigenvalue weighted by Crippen LogP contribution is -2.52. The number of benzene rings is 2. The minimum absolute atomic E-state index is 0.214. The number of nitrogens with zero attached hydrogens (tertiary/aromatic N) is 1. The largest absolute Gasteiger partial charge is 0.493 e. The molecule has 0 bridgehead atoms. The molecule has 0 amide bonds. The van der Waals surface area contributed by atoms with Crippen LogP contribution in [-0.2, 0) is 16.6 Å². The Labute approximate surface area is 252 Å². The van der Waals surface area contributed by atoms with Gasteiger partial charge in [0.2, 0.25) is 0 Å². The molecule has 0 aliphatic heterocycles. The minimum Gasteiger partial charge on any atom is -0.493 e. The Hall–Kier alpha value is -3.38. The SMILES string of the molecule is C[C@@H](COc1ccnc2c1[C@H](C)CCC2)CC1=Cc2cc(F)ccc2C12CCC(Nc1cccc(Cl)c1)(C(=O)O)CC2. The second-order valence-corrected chi connectivity index (χ2v) is 13.0. The van der Waals surface area contributed by atoms with Crippen LogP contribution in [0.2, 0.25) is 5.02 Å². The maximum atomic E-state index is 14.3. The fraction of sp³-hybridized carbons (Fsp3) is 0.429. The van der Waals surface area contributed by atoms with Crippen molar-refractivity contribution in [3.8, 4) is 5.75 Å². The summed E-state index contributed by atoms with van der Waals surface area (Å²) in [6, 6.07) is 14.2. The molecule has 220 valence electrons. The van der Waals surface area contributed by atoms with Crippen LogP contribution in [0.3, 0.4) is 0 Å². The molecular formula is C35H38ClFN2O3. The van der Waals surface area contributed by atoms with Crippen molar-refractivity contribution in [1.29, 1.82) is 0 Å². The summed E-state index contributed by atoms with van der Waals surface area (Å²) < 4.78 is 20.8. The lowest BCUT2D eigenvalue weighted by molar-refractivity contribution is -0.143. The fourth-order valence-electron chi connectivity index (χ4n) is 7.51. The quantitative estimate of drug-likeness (QED) is 0.276. The Morgan fingerprint density at radius 2 is 2.00 bits per heavy atom. The van der Waals surface area contributed by atoms with E-state index in [4.69, 9.17) is 16.3 Å². The van der Waals surface area contributed by atoms with Crippen LogP contribution in [0.15, 0.2) is 60.3 Å². The number of hydrogen-bond donors (Lipinski definition) is 2. The average molecular weight is 589 g/mol. The van der Waals surface area contributed by atoms with Crippen LogP contribution in [0.5, 0.6) is 5.75 Å². The molecule has 7 heteroatoms. The third-order valence-electron chi connectivity index (χ3n) is 9.72. The van der Waals surface area contributed by atoms with E-state index in [0.29, 0.717) is 48.9 Å². The van der Waals surface area contributed by atoms with Crippen molar-refractivity contribution < 1.29 is 19.0 Å². The number of carbonyl (C=O) groups is 1. The minimum atomic E-state index is -1.10. The molecule has 0 unspecified atom stereocenters. The number of nitrogens with one attached hydrogen (secondary N) is 1. The van der Waals surface area contributed by atoms with Gasteiger partial charge in [-0.05, 0) is 111 Å². The summed E-state index contributed by atoms with van der Waals surface area (Å²) in [4.78, 5) is 17.3. The molecule has 3 aliphatic carbocycles. The van der Waals surface area contributed by atoms with Crippen molar-refractivity contribution in [3.05, 3.63) is 93.5 Å². The molecule has 5 nitrogen and oxygen atoms in total. The van der Waals surface area contributed by atoms with Gasteiger partial charge < -0.3 is 15.2 Å². The molecule has 0 saturated heterocycles. The number of fused-ring (bicyclic) bond motifs is 3. The van der Waals surface area contributed by atoms with Crippen LogP contribution in [0.1, 0.15) is 87.1 Å². The van der Waals surface area contributed by atoms with Crippen molar-refractivity contribution in [3.63, 3.8) is 0 Å². The van der Waals surface area contributed by atoms with Crippen molar-refractivity contribution in [2.45, 2.75) is 82.1 Å². The van der Waals surface area contributed by atoms with E-state index < -0.39 is 11.5 Å². The Morgan fingerprint density at radius 1 is 1.19 bits per heavy atom. The number of pyridine rings is 1. The Balaban J connectivity index is 1.22. The highest BCUT2D eigenvalue weighted by molar-refractivity contribution is 6.30. The molecule has 1 heterocycles. The van der Waals surface area contributed by atoms with Gasteiger partial charge in [0.15, 0.2) is 0 Å². The molecule has 6 rings (SSSR count). The molecule has 0 radical (unpaired) electrons. The molecule has 1 saturated carbocycles. The maximum Gasteiger partial charge on any atom is 0.329 e. The van der Waals surface area contributed by atoms with Gasteiger partial charge in [-0.3, -0.25) is 4.98 Å². The van der Waals surface area contributed by atoms with E-state index in [1.54, 1.807) is 18.2 Å².